The molecule has 1 amide bonds. The maximum Gasteiger partial charge on any atom is 0.308 e. The Hall–Kier alpha value is -4.15. The number of nitrogens with one attached hydrogen (secondary N) is 1. The van der Waals surface area contributed by atoms with Gasteiger partial charge in [0.25, 0.3) is 5.91 Å². The minimum Gasteiger partial charge on any atom is -0.458 e. The predicted molar refractivity (Wildman–Crippen MR) is 178 cm³/mol. The Morgan fingerprint density at radius 3 is 2.27 bits per heavy atom. The lowest BCUT2D eigenvalue weighted by molar-refractivity contribution is -0.236. The third kappa shape index (κ3) is 5.82. The first-order valence-electron chi connectivity index (χ1n) is 17.0. The molecule has 10 nitrogen and oxygen atoms in total. The van der Waals surface area contributed by atoms with Crippen LogP contribution in [0, 0.1) is 28.1 Å². The summed E-state index contributed by atoms with van der Waals surface area (Å²) < 4.78 is 17.8. The Morgan fingerprint density at radius 2 is 1.67 bits per heavy atom. The van der Waals surface area contributed by atoms with Crippen LogP contribution in [0.1, 0.15) is 82.3 Å². The quantitative estimate of drug-likeness (QED) is 0.232. The number of rotatable bonds is 8. The summed E-state index contributed by atoms with van der Waals surface area (Å²) >= 11 is 0. The molecule has 2 aromatic carbocycles. The smallest absolute Gasteiger partial charge is 0.308 e. The van der Waals surface area contributed by atoms with Crippen molar-refractivity contribution in [3.63, 3.8) is 0 Å². The Labute approximate surface area is 286 Å². The number of Topliss-reactive ketones (excluding diaryl/α,β-unsaturated/α-hetero) is 1. The van der Waals surface area contributed by atoms with Gasteiger partial charge in [-0.2, -0.15) is 0 Å². The van der Waals surface area contributed by atoms with E-state index in [-0.39, 0.29) is 43.6 Å². The fourth-order valence-corrected chi connectivity index (χ4v) is 8.98. The SMILES string of the molecule is CC(=O)O[C@H]1C(=O)[C@@]2(C)C(C[C@]3(C=O)C[C@H](OC(=O)C[C@@H](NC(=O)c4ccccc4)c4ccccc4)C(C)=C1C3(C)C)[C@@H]1CO[C@@H]1C[C@@H]2O. The zero-order valence-electron chi connectivity index (χ0n) is 28.6. The maximum absolute atomic E-state index is 14.7. The second-order valence-electron chi connectivity index (χ2n) is 14.9. The molecule has 2 aromatic rings. The van der Waals surface area contributed by atoms with Gasteiger partial charge in [-0.25, -0.2) is 0 Å². The van der Waals surface area contributed by atoms with Crippen LogP contribution in [0.2, 0.25) is 0 Å². The second-order valence-corrected chi connectivity index (χ2v) is 14.9. The van der Waals surface area contributed by atoms with Crippen LogP contribution in [0.5, 0.6) is 0 Å². The monoisotopic (exact) mass is 671 g/mol. The van der Waals surface area contributed by atoms with Gasteiger partial charge in [0.15, 0.2) is 11.9 Å². The van der Waals surface area contributed by atoms with Crippen LogP contribution in [-0.4, -0.2) is 66.0 Å². The summed E-state index contributed by atoms with van der Waals surface area (Å²) in [6.45, 7) is 8.85. The highest BCUT2D eigenvalue weighted by molar-refractivity contribution is 5.95. The van der Waals surface area contributed by atoms with E-state index in [9.17, 15) is 29.1 Å². The van der Waals surface area contributed by atoms with Gasteiger partial charge in [-0.3, -0.25) is 19.2 Å². The van der Waals surface area contributed by atoms with Crippen molar-refractivity contribution in [1.82, 2.24) is 5.32 Å². The van der Waals surface area contributed by atoms with E-state index < -0.39 is 64.2 Å². The first-order chi connectivity index (χ1) is 23.2. The van der Waals surface area contributed by atoms with E-state index >= 15 is 0 Å². The number of carbonyl (C=O) groups excluding carboxylic acids is 5. The normalized spacial score (nSPS) is 33.7. The van der Waals surface area contributed by atoms with Crippen molar-refractivity contribution in [3.8, 4) is 0 Å². The molecule has 2 saturated carbocycles. The molecule has 0 aromatic heterocycles. The van der Waals surface area contributed by atoms with Crippen molar-refractivity contribution in [2.45, 2.75) is 90.8 Å². The van der Waals surface area contributed by atoms with E-state index in [0.29, 0.717) is 28.9 Å². The second kappa shape index (κ2) is 12.9. The van der Waals surface area contributed by atoms with E-state index in [2.05, 4.69) is 5.32 Å². The van der Waals surface area contributed by atoms with E-state index in [1.807, 2.05) is 50.2 Å². The van der Waals surface area contributed by atoms with Gasteiger partial charge in [0.1, 0.15) is 12.4 Å². The molecule has 9 atom stereocenters. The molecule has 1 saturated heterocycles. The van der Waals surface area contributed by atoms with Crippen molar-refractivity contribution in [1.29, 1.82) is 0 Å². The van der Waals surface area contributed by atoms with Crippen LogP contribution in [-0.2, 0) is 33.4 Å². The number of ether oxygens (including phenoxy) is 3. The number of amides is 1. The molecular weight excluding hydrogens is 626 g/mol. The number of aliphatic hydroxyl groups is 1. The zero-order valence-corrected chi connectivity index (χ0v) is 28.6. The summed E-state index contributed by atoms with van der Waals surface area (Å²) in [5.41, 5.74) is -1.32. The Bertz CT molecular complexity index is 1670. The van der Waals surface area contributed by atoms with E-state index in [1.165, 1.54) is 6.92 Å². The molecule has 0 radical (unpaired) electrons. The van der Waals surface area contributed by atoms with Crippen LogP contribution < -0.4 is 5.32 Å². The van der Waals surface area contributed by atoms with Crippen LogP contribution in [0.25, 0.3) is 0 Å². The number of ketones is 1. The minimum atomic E-state index is -1.39. The number of fused-ring (bicyclic) bond motifs is 5. The molecule has 6 rings (SSSR count). The largest absolute Gasteiger partial charge is 0.458 e. The van der Waals surface area contributed by atoms with E-state index in [1.54, 1.807) is 38.1 Å². The third-order valence-electron chi connectivity index (χ3n) is 12.1. The molecule has 49 heavy (non-hydrogen) atoms. The number of aldehydes is 1. The van der Waals surface area contributed by atoms with E-state index in [0.717, 1.165) is 6.29 Å². The molecule has 3 aliphatic carbocycles. The van der Waals surface area contributed by atoms with Crippen LogP contribution in [0.15, 0.2) is 71.8 Å². The van der Waals surface area contributed by atoms with Crippen molar-refractivity contribution in [2.75, 3.05) is 6.61 Å². The molecule has 4 aliphatic rings. The van der Waals surface area contributed by atoms with Gasteiger partial charge in [0.2, 0.25) is 0 Å². The number of benzene rings is 2. The van der Waals surface area contributed by atoms with Gasteiger partial charge < -0.3 is 29.4 Å². The van der Waals surface area contributed by atoms with E-state index in [4.69, 9.17) is 14.2 Å². The predicted octanol–water partition coefficient (Wildman–Crippen LogP) is 4.70. The third-order valence-corrected chi connectivity index (χ3v) is 12.1. The molecule has 2 bridgehead atoms. The molecule has 1 aliphatic heterocycles. The molecule has 260 valence electrons. The average Bonchev–Trinajstić information content (AvgIpc) is 3.06. The Kier molecular flexibility index (Phi) is 9.17. The van der Waals surface area contributed by atoms with Crippen LogP contribution in [0.4, 0.5) is 0 Å². The van der Waals surface area contributed by atoms with Crippen LogP contribution in [0.3, 0.4) is 0 Å². The minimum absolute atomic E-state index is 0.0719. The van der Waals surface area contributed by atoms with Gasteiger partial charge in [-0.1, -0.05) is 62.4 Å². The molecule has 1 heterocycles. The van der Waals surface area contributed by atoms with Crippen molar-refractivity contribution < 1.29 is 43.3 Å². The van der Waals surface area contributed by atoms with Gasteiger partial charge in [-0.15, -0.1) is 0 Å². The maximum atomic E-state index is 14.7. The Balaban J connectivity index is 1.37. The molecular formula is C39H45NO9. The lowest BCUT2D eigenvalue weighted by Gasteiger charge is -2.62. The average molecular weight is 672 g/mol. The first kappa shape index (κ1) is 34.7. The summed E-state index contributed by atoms with van der Waals surface area (Å²) in [5, 5.41) is 14.4. The topological polar surface area (TPSA) is 145 Å². The number of aliphatic hydroxyl groups excluding tert-OH is 1. The first-order valence-corrected chi connectivity index (χ1v) is 17.0. The van der Waals surface area contributed by atoms with Crippen LogP contribution >= 0.6 is 0 Å². The lowest BCUT2D eigenvalue weighted by Crippen LogP contribution is -2.68. The summed E-state index contributed by atoms with van der Waals surface area (Å²) in [7, 11) is 0. The number of carbonyl (C=O) groups is 5. The van der Waals surface area contributed by atoms with Crippen molar-refractivity contribution in [2.24, 2.45) is 28.1 Å². The summed E-state index contributed by atoms with van der Waals surface area (Å²) in [5.74, 6) is -2.58. The fraction of sp³-hybridized carbons (Fsp3) is 0.513. The number of esters is 2. The highest BCUT2D eigenvalue weighted by Crippen LogP contribution is 2.64. The van der Waals surface area contributed by atoms with Gasteiger partial charge >= 0.3 is 11.9 Å². The highest BCUT2D eigenvalue weighted by atomic mass is 16.6. The van der Waals surface area contributed by atoms with Gasteiger partial charge in [0, 0.05) is 42.1 Å². The van der Waals surface area contributed by atoms with Crippen molar-refractivity contribution >= 4 is 29.9 Å². The molecule has 0 spiro atoms. The summed E-state index contributed by atoms with van der Waals surface area (Å²) in [6, 6.07) is 17.1. The highest BCUT2D eigenvalue weighted by Gasteiger charge is 2.68. The number of hydrogen-bond acceptors (Lipinski definition) is 9. The lowest BCUT2D eigenvalue weighted by atomic mass is 9.44. The molecule has 10 heteroatoms. The van der Waals surface area contributed by atoms with Gasteiger partial charge in [-0.05, 0) is 55.0 Å². The fourth-order valence-electron chi connectivity index (χ4n) is 8.98. The molecule has 1 unspecified atom stereocenters. The summed E-state index contributed by atoms with van der Waals surface area (Å²) in [4.78, 5) is 67.8. The van der Waals surface area contributed by atoms with Crippen molar-refractivity contribution in [3.05, 3.63) is 82.9 Å². The zero-order chi connectivity index (χ0) is 35.3. The van der Waals surface area contributed by atoms with Gasteiger partial charge in [0.05, 0.1) is 36.7 Å². The molecule has 3 fully saturated rings. The molecule has 2 N–H and O–H groups in total. The Morgan fingerprint density at radius 1 is 1.02 bits per heavy atom. The number of hydrogen-bond donors (Lipinski definition) is 2. The standard InChI is InChI=1S/C39H45NO9/c1-22-30(49-32(44)16-28(24-12-8-6-9-13-24)40-36(46)25-14-10-7-11-15-25)19-39(21-41)18-27-26-20-47-29(26)17-31(43)38(27,5)35(45)34(48-23(2)42)33(22)37(39,3)4/h6-15,21,26-31,34,43H,16-20H2,1-5H3,(H,40,46)/t26-,27?,28+,29+,30-,31-,34+,38-,39+/m0/s1. The summed E-state index contributed by atoms with van der Waals surface area (Å²) in [6.07, 6.45) is -2.24.